The van der Waals surface area contributed by atoms with Gasteiger partial charge in [0.1, 0.15) is 10.5 Å². The lowest BCUT2D eigenvalue weighted by atomic mass is 10.1. The molecule has 0 aliphatic heterocycles. The van der Waals surface area contributed by atoms with Crippen LogP contribution in [0.4, 0.5) is 0 Å². The molecule has 0 aliphatic carbocycles. The van der Waals surface area contributed by atoms with E-state index < -0.39 is 17.2 Å². The van der Waals surface area contributed by atoms with E-state index >= 15 is 0 Å². The van der Waals surface area contributed by atoms with Crippen molar-refractivity contribution < 1.29 is 14.3 Å². The molecule has 0 saturated heterocycles. The van der Waals surface area contributed by atoms with Crippen molar-refractivity contribution in [1.29, 1.82) is 0 Å². The van der Waals surface area contributed by atoms with E-state index in [2.05, 4.69) is 17.6 Å². The van der Waals surface area contributed by atoms with Crippen LogP contribution in [0.15, 0.2) is 38.5 Å². The molecule has 0 bridgehead atoms. The lowest BCUT2D eigenvalue weighted by molar-refractivity contribution is 0.0657. The van der Waals surface area contributed by atoms with Crippen molar-refractivity contribution in [1.82, 2.24) is 4.98 Å². The number of carbonyl (C=O) groups is 1. The lowest BCUT2D eigenvalue weighted by Crippen LogP contribution is -2.10. The first-order valence-corrected chi connectivity index (χ1v) is 6.22. The second-order valence-corrected chi connectivity index (χ2v) is 4.88. The van der Waals surface area contributed by atoms with Crippen LogP contribution in [0.2, 0.25) is 0 Å². The Hall–Kier alpha value is -2.34. The number of carboxylic acid groups (broad SMARTS) is 1. The van der Waals surface area contributed by atoms with Gasteiger partial charge in [-0.25, -0.2) is 4.79 Å². The molecule has 1 aromatic carbocycles. The molecule has 2 aromatic heterocycles. The van der Waals surface area contributed by atoms with Crippen LogP contribution in [-0.2, 0) is 0 Å². The first-order valence-electron chi connectivity index (χ1n) is 5.77. The Morgan fingerprint density at radius 2 is 2.10 bits per heavy atom. The third-order valence-electron chi connectivity index (χ3n) is 3.05. The third kappa shape index (κ3) is 1.77. The molecule has 3 aromatic rings. The number of nitrogens with zero attached hydrogens (tertiary/aromatic N) is 1. The van der Waals surface area contributed by atoms with Gasteiger partial charge in [-0.15, -0.1) is 12.6 Å². The van der Waals surface area contributed by atoms with Crippen molar-refractivity contribution in [3.8, 4) is 0 Å². The Balaban J connectivity index is 2.56. The molecule has 0 radical (unpaired) electrons. The van der Waals surface area contributed by atoms with Crippen LogP contribution in [-0.4, -0.2) is 16.1 Å². The SMILES string of the molecule is Cc1ccc2c(c1)ncc1c(=O)c(S)c(C(=O)O)oc12. The molecule has 1 N–H and O–H groups in total. The summed E-state index contributed by atoms with van der Waals surface area (Å²) in [4.78, 5) is 27.2. The zero-order valence-corrected chi connectivity index (χ0v) is 11.3. The predicted molar refractivity (Wildman–Crippen MR) is 76.7 cm³/mol. The van der Waals surface area contributed by atoms with Crippen LogP contribution < -0.4 is 5.43 Å². The summed E-state index contributed by atoms with van der Waals surface area (Å²) in [5, 5.41) is 9.89. The van der Waals surface area contributed by atoms with Crippen LogP contribution in [0.1, 0.15) is 16.1 Å². The van der Waals surface area contributed by atoms with Gasteiger partial charge >= 0.3 is 5.97 Å². The Kier molecular flexibility index (Phi) is 2.76. The second kappa shape index (κ2) is 4.35. The molecule has 0 fully saturated rings. The van der Waals surface area contributed by atoms with Crippen molar-refractivity contribution in [2.75, 3.05) is 0 Å². The van der Waals surface area contributed by atoms with Crippen molar-refractivity contribution in [3.05, 3.63) is 45.9 Å². The van der Waals surface area contributed by atoms with Gasteiger partial charge < -0.3 is 9.52 Å². The number of fused-ring (bicyclic) bond motifs is 3. The van der Waals surface area contributed by atoms with Gasteiger partial charge in [0, 0.05) is 11.6 Å². The highest BCUT2D eigenvalue weighted by molar-refractivity contribution is 7.80. The molecule has 0 unspecified atom stereocenters. The molecule has 0 amide bonds. The topological polar surface area (TPSA) is 80.4 Å². The zero-order chi connectivity index (χ0) is 14.4. The average molecular weight is 287 g/mol. The third-order valence-corrected chi connectivity index (χ3v) is 3.45. The minimum atomic E-state index is -1.33. The first-order chi connectivity index (χ1) is 9.49. The van der Waals surface area contributed by atoms with Crippen molar-refractivity contribution in [2.24, 2.45) is 0 Å². The fraction of sp³-hybridized carbons (Fsp3) is 0.0714. The quantitative estimate of drug-likeness (QED) is 0.531. The number of thiol groups is 1. The molecule has 0 aliphatic rings. The highest BCUT2D eigenvalue weighted by Crippen LogP contribution is 2.25. The first kappa shape index (κ1) is 12.7. The average Bonchev–Trinajstić information content (AvgIpc) is 2.41. The van der Waals surface area contributed by atoms with Gasteiger partial charge in [-0.2, -0.15) is 0 Å². The summed E-state index contributed by atoms with van der Waals surface area (Å²) in [6.45, 7) is 1.92. The summed E-state index contributed by atoms with van der Waals surface area (Å²) in [5.74, 6) is -1.79. The zero-order valence-electron chi connectivity index (χ0n) is 10.4. The molecular weight excluding hydrogens is 278 g/mol. The van der Waals surface area contributed by atoms with Crippen LogP contribution >= 0.6 is 12.6 Å². The molecular formula is C14H9NO4S. The molecule has 0 atom stereocenters. The van der Waals surface area contributed by atoms with E-state index in [9.17, 15) is 9.59 Å². The fourth-order valence-corrected chi connectivity index (χ4v) is 2.34. The summed E-state index contributed by atoms with van der Waals surface area (Å²) in [6.07, 6.45) is 1.38. The summed E-state index contributed by atoms with van der Waals surface area (Å²) in [7, 11) is 0. The number of aryl methyl sites for hydroxylation is 1. The van der Waals surface area contributed by atoms with Gasteiger partial charge in [-0.05, 0) is 24.6 Å². The van der Waals surface area contributed by atoms with Crippen molar-refractivity contribution >= 4 is 40.5 Å². The number of aromatic carboxylic acids is 1. The van der Waals surface area contributed by atoms with Gasteiger partial charge in [0.15, 0.2) is 0 Å². The standard InChI is InChI=1S/C14H9NO4S/c1-6-2-3-7-9(4-6)15-5-8-10(16)13(20)12(14(17)18)19-11(7)8/h2-5,20H,1H3,(H,17,18). The highest BCUT2D eigenvalue weighted by atomic mass is 32.1. The molecule has 2 heterocycles. The molecule has 3 rings (SSSR count). The number of hydrogen-bond acceptors (Lipinski definition) is 5. The Bertz CT molecular complexity index is 930. The molecule has 0 saturated carbocycles. The number of aromatic nitrogens is 1. The number of rotatable bonds is 1. The van der Waals surface area contributed by atoms with Gasteiger partial charge in [0.2, 0.25) is 11.2 Å². The van der Waals surface area contributed by atoms with E-state index in [-0.39, 0.29) is 15.9 Å². The monoisotopic (exact) mass is 287 g/mol. The number of hydrogen-bond donors (Lipinski definition) is 2. The number of carboxylic acids is 1. The minimum absolute atomic E-state index is 0.218. The van der Waals surface area contributed by atoms with Crippen LogP contribution in [0.25, 0.3) is 21.9 Å². The Morgan fingerprint density at radius 3 is 2.80 bits per heavy atom. The van der Waals surface area contributed by atoms with Gasteiger partial charge in [0.25, 0.3) is 0 Å². The summed E-state index contributed by atoms with van der Waals surface area (Å²) in [5.41, 5.74) is 1.37. The Morgan fingerprint density at radius 1 is 1.35 bits per heavy atom. The highest BCUT2D eigenvalue weighted by Gasteiger charge is 2.19. The van der Waals surface area contributed by atoms with Crippen molar-refractivity contribution in [2.45, 2.75) is 11.8 Å². The van der Waals surface area contributed by atoms with Crippen LogP contribution in [0, 0.1) is 6.92 Å². The van der Waals surface area contributed by atoms with Gasteiger partial charge in [-0.1, -0.05) is 6.07 Å². The fourth-order valence-electron chi connectivity index (χ4n) is 2.08. The normalized spacial score (nSPS) is 11.1. The maximum absolute atomic E-state index is 12.1. The van der Waals surface area contributed by atoms with Crippen LogP contribution in [0.5, 0.6) is 0 Å². The van der Waals surface area contributed by atoms with Crippen molar-refractivity contribution in [3.63, 3.8) is 0 Å². The van der Waals surface area contributed by atoms with E-state index in [1.165, 1.54) is 6.20 Å². The van der Waals surface area contributed by atoms with Crippen LogP contribution in [0.3, 0.4) is 0 Å². The largest absolute Gasteiger partial charge is 0.475 e. The molecule has 6 heteroatoms. The maximum atomic E-state index is 12.1. The van der Waals surface area contributed by atoms with Gasteiger partial charge in [0.05, 0.1) is 10.9 Å². The molecule has 0 spiro atoms. The predicted octanol–water partition coefficient (Wildman–Crippen LogP) is 2.64. The van der Waals surface area contributed by atoms with E-state index in [4.69, 9.17) is 9.52 Å². The van der Waals surface area contributed by atoms with Gasteiger partial charge in [-0.3, -0.25) is 9.78 Å². The number of pyridine rings is 1. The maximum Gasteiger partial charge on any atom is 0.373 e. The summed E-state index contributed by atoms with van der Waals surface area (Å²) in [6, 6.07) is 5.44. The molecule has 100 valence electrons. The van der Waals surface area contributed by atoms with E-state index in [0.717, 1.165) is 5.56 Å². The summed E-state index contributed by atoms with van der Waals surface area (Å²) < 4.78 is 5.37. The Labute approximate surface area is 118 Å². The number of benzene rings is 1. The lowest BCUT2D eigenvalue weighted by Gasteiger charge is -2.05. The summed E-state index contributed by atoms with van der Waals surface area (Å²) >= 11 is 3.92. The molecule has 20 heavy (non-hydrogen) atoms. The minimum Gasteiger partial charge on any atom is -0.475 e. The van der Waals surface area contributed by atoms with E-state index in [0.29, 0.717) is 10.9 Å². The second-order valence-electron chi connectivity index (χ2n) is 4.44. The van der Waals surface area contributed by atoms with E-state index in [1.54, 1.807) is 6.07 Å². The van der Waals surface area contributed by atoms with E-state index in [1.807, 2.05) is 19.1 Å². The smallest absolute Gasteiger partial charge is 0.373 e. The molecule has 5 nitrogen and oxygen atoms in total.